The number of rotatable bonds is 11. The van der Waals surface area contributed by atoms with Crippen molar-refractivity contribution in [3.63, 3.8) is 0 Å². The van der Waals surface area contributed by atoms with Gasteiger partial charge in [-0.25, -0.2) is 0 Å². The third-order valence-corrected chi connectivity index (χ3v) is 12.4. The van der Waals surface area contributed by atoms with Gasteiger partial charge in [-0.05, 0) is 42.4 Å². The molecule has 0 bridgehead atoms. The Morgan fingerprint density at radius 2 is 1.73 bits per heavy atom. The number of carbonyl (C=O) groups excluding carboxylic acids is 4. The molecule has 6 rings (SSSR count). The summed E-state index contributed by atoms with van der Waals surface area (Å²) in [7, 11) is -3.52. The maximum Gasteiger partial charge on any atom is 0.304 e. The van der Waals surface area contributed by atoms with Crippen LogP contribution in [0.5, 0.6) is 0 Å². The van der Waals surface area contributed by atoms with Gasteiger partial charge < -0.3 is 28.5 Å². The van der Waals surface area contributed by atoms with Crippen molar-refractivity contribution >= 4 is 43.5 Å². The number of aliphatic hydroxyl groups is 1. The van der Waals surface area contributed by atoms with Gasteiger partial charge in [0.05, 0.1) is 37.8 Å². The highest BCUT2D eigenvalue weighted by atomic mass is 28.4. The second-order valence-electron chi connectivity index (χ2n) is 13.6. The minimum Gasteiger partial charge on any atom is -0.441 e. The second kappa shape index (κ2) is 13.5. The van der Waals surface area contributed by atoms with Crippen molar-refractivity contribution in [2.75, 3.05) is 23.0 Å². The summed E-state index contributed by atoms with van der Waals surface area (Å²) in [5.41, 5.74) is 1.28. The monoisotopic (exact) mass is 687 g/mol. The van der Waals surface area contributed by atoms with Crippen LogP contribution in [0.4, 0.5) is 15.5 Å². The normalized spacial score (nSPS) is 24.6. The van der Waals surface area contributed by atoms with Crippen molar-refractivity contribution in [1.82, 2.24) is 4.90 Å². The summed E-state index contributed by atoms with van der Waals surface area (Å²) >= 11 is 0. The Bertz CT molecular complexity index is 1750. The van der Waals surface area contributed by atoms with Crippen molar-refractivity contribution in [3.8, 4) is 0 Å². The molecule has 0 radical (unpaired) electrons. The number of anilines is 2. The number of benzene rings is 3. The van der Waals surface area contributed by atoms with Gasteiger partial charge in [-0.3, -0.25) is 24.1 Å². The lowest BCUT2D eigenvalue weighted by Gasteiger charge is -2.39. The number of amides is 3. The van der Waals surface area contributed by atoms with E-state index < -0.39 is 43.8 Å². The Morgan fingerprint density at radius 3 is 2.41 bits per heavy atom. The molecule has 3 aliphatic rings. The molecule has 49 heavy (non-hydrogen) atoms. The third-order valence-electron chi connectivity index (χ3n) is 9.92. The summed E-state index contributed by atoms with van der Waals surface area (Å²) in [6.07, 6.45) is -1.57. The predicted octanol–water partition coefficient (Wildman–Crippen LogP) is 5.05. The fraction of sp³-hybridized carbons (Fsp3) is 0.405. The van der Waals surface area contributed by atoms with Crippen LogP contribution in [-0.4, -0.2) is 67.6 Å². The molecule has 2 fully saturated rings. The highest BCUT2D eigenvalue weighted by Gasteiger charge is 2.67. The molecule has 3 heterocycles. The SMILES string of the molecule is CC(=O)OC1CC(=O)N1c1cccc(CN2C(=O)[C@@]3(O[C@@H](CC(=O)N(CCO)Cc4ccccc4)[C@H]([Si](C)(C)F)[C@H]3C)c3ccccc32)c1. The number of halogens is 1. The summed E-state index contributed by atoms with van der Waals surface area (Å²) in [5, 5.41) is 9.77. The quantitative estimate of drug-likeness (QED) is 0.130. The maximum atomic E-state index is 16.3. The van der Waals surface area contributed by atoms with Crippen molar-refractivity contribution in [3.05, 3.63) is 95.6 Å². The zero-order valence-electron chi connectivity index (χ0n) is 28.2. The van der Waals surface area contributed by atoms with Crippen LogP contribution >= 0.6 is 0 Å². The number of para-hydroxylation sites is 1. The molecule has 1 spiro atoms. The summed E-state index contributed by atoms with van der Waals surface area (Å²) in [5.74, 6) is -1.85. The van der Waals surface area contributed by atoms with Crippen molar-refractivity contribution < 1.29 is 37.9 Å². The molecule has 1 unspecified atom stereocenters. The van der Waals surface area contributed by atoms with E-state index in [0.717, 1.165) is 11.1 Å². The number of hydrogen-bond acceptors (Lipinski definition) is 7. The number of esters is 1. The standard InChI is InChI=1S/C37H42FN3O7Si/c1-24-35(49(3,4)38)31(20-32(44)39(17-18-42)22-26-11-6-5-7-12-26)48-37(24)29-15-8-9-16-30(29)40(36(37)46)23-27-13-10-14-28(19-27)41-33(45)21-34(41)47-25(2)43/h5-16,19,24,31,34-35,42H,17-18,20-23H2,1-4H3/t24-,31+,34?,35-,37+/m1/s1. The summed E-state index contributed by atoms with van der Waals surface area (Å²) in [6.45, 7) is 6.65. The van der Waals surface area contributed by atoms with Gasteiger partial charge in [0, 0.05) is 42.7 Å². The molecule has 0 aromatic heterocycles. The Labute approximate surface area is 286 Å². The zero-order valence-corrected chi connectivity index (χ0v) is 29.2. The fourth-order valence-electron chi connectivity index (χ4n) is 7.85. The highest BCUT2D eigenvalue weighted by molar-refractivity contribution is 6.72. The number of ether oxygens (including phenoxy) is 2. The van der Waals surface area contributed by atoms with E-state index in [-0.39, 0.29) is 56.8 Å². The molecule has 3 amide bonds. The number of β-lactam (4-membered cyclic amide) rings is 1. The Hall–Kier alpha value is -4.39. The van der Waals surface area contributed by atoms with Crippen LogP contribution in [0.2, 0.25) is 18.6 Å². The first kappa shape index (κ1) is 34.5. The van der Waals surface area contributed by atoms with Gasteiger partial charge in [0.1, 0.15) is 0 Å². The molecule has 5 atom stereocenters. The van der Waals surface area contributed by atoms with Gasteiger partial charge in [-0.2, -0.15) is 0 Å². The van der Waals surface area contributed by atoms with Crippen LogP contribution < -0.4 is 9.80 Å². The molecule has 1 N–H and O–H groups in total. The molecule has 3 aliphatic heterocycles. The van der Waals surface area contributed by atoms with E-state index in [0.29, 0.717) is 16.9 Å². The van der Waals surface area contributed by atoms with Gasteiger partial charge in [0.25, 0.3) is 5.91 Å². The summed E-state index contributed by atoms with van der Waals surface area (Å²) < 4.78 is 28.4. The van der Waals surface area contributed by atoms with Crippen molar-refractivity contribution in [2.45, 2.75) is 76.3 Å². The third kappa shape index (κ3) is 6.40. The van der Waals surface area contributed by atoms with Crippen LogP contribution in [0.1, 0.15) is 43.4 Å². The number of carbonyl (C=O) groups is 4. The number of fused-ring (bicyclic) bond motifs is 2. The summed E-state index contributed by atoms with van der Waals surface area (Å²) in [6, 6.07) is 23.9. The molecule has 3 aromatic carbocycles. The minimum atomic E-state index is -3.52. The first-order valence-electron chi connectivity index (χ1n) is 16.6. The molecular formula is C37H42FN3O7Si. The smallest absolute Gasteiger partial charge is 0.304 e. The van der Waals surface area contributed by atoms with Crippen LogP contribution in [-0.2, 0) is 47.3 Å². The van der Waals surface area contributed by atoms with Crippen LogP contribution in [0.25, 0.3) is 0 Å². The largest absolute Gasteiger partial charge is 0.441 e. The molecule has 258 valence electrons. The van der Waals surface area contributed by atoms with E-state index in [9.17, 15) is 24.3 Å². The molecule has 3 aromatic rings. The first-order valence-corrected chi connectivity index (χ1v) is 19.6. The van der Waals surface area contributed by atoms with Gasteiger partial charge in [-0.15, -0.1) is 0 Å². The molecule has 0 saturated carbocycles. The number of aliphatic hydroxyl groups excluding tert-OH is 1. The van der Waals surface area contributed by atoms with E-state index in [1.165, 1.54) is 11.8 Å². The van der Waals surface area contributed by atoms with Crippen molar-refractivity contribution in [2.24, 2.45) is 5.92 Å². The van der Waals surface area contributed by atoms with Gasteiger partial charge >= 0.3 is 5.97 Å². The zero-order chi connectivity index (χ0) is 35.1. The average Bonchev–Trinajstić information content (AvgIpc) is 3.47. The van der Waals surface area contributed by atoms with Gasteiger partial charge in [0.2, 0.25) is 20.2 Å². The lowest BCUT2D eigenvalue weighted by atomic mass is 9.82. The minimum absolute atomic E-state index is 0.0998. The van der Waals surface area contributed by atoms with Gasteiger partial charge in [-0.1, -0.05) is 67.6 Å². The number of nitrogens with zero attached hydrogens (tertiary/aromatic N) is 3. The van der Waals surface area contributed by atoms with E-state index in [1.807, 2.05) is 67.6 Å². The molecular weight excluding hydrogens is 646 g/mol. The molecule has 0 aliphatic carbocycles. The highest BCUT2D eigenvalue weighted by Crippen LogP contribution is 2.60. The van der Waals surface area contributed by atoms with Crippen molar-refractivity contribution in [1.29, 1.82) is 0 Å². The summed E-state index contributed by atoms with van der Waals surface area (Å²) in [4.78, 5) is 57.2. The Morgan fingerprint density at radius 1 is 1.04 bits per heavy atom. The fourth-order valence-corrected chi connectivity index (χ4v) is 10.3. The van der Waals surface area contributed by atoms with E-state index in [2.05, 4.69) is 0 Å². The van der Waals surface area contributed by atoms with Crippen LogP contribution in [0, 0.1) is 5.92 Å². The van der Waals surface area contributed by atoms with E-state index in [1.54, 1.807) is 41.1 Å². The lowest BCUT2D eigenvalue weighted by Crippen LogP contribution is -2.54. The molecule has 2 saturated heterocycles. The van der Waals surface area contributed by atoms with E-state index in [4.69, 9.17) is 9.47 Å². The topological polar surface area (TPSA) is 117 Å². The van der Waals surface area contributed by atoms with Gasteiger partial charge in [0.15, 0.2) is 11.8 Å². The Balaban J connectivity index is 1.29. The first-order chi connectivity index (χ1) is 23.3. The predicted molar refractivity (Wildman–Crippen MR) is 183 cm³/mol. The Kier molecular flexibility index (Phi) is 9.49. The van der Waals surface area contributed by atoms with Crippen LogP contribution in [0.15, 0.2) is 78.9 Å². The van der Waals surface area contributed by atoms with E-state index >= 15 is 4.11 Å². The average molecular weight is 688 g/mol. The molecule has 12 heteroatoms. The second-order valence-corrected chi connectivity index (χ2v) is 17.4. The van der Waals surface area contributed by atoms with Crippen LogP contribution in [0.3, 0.4) is 0 Å². The number of hydrogen-bond donors (Lipinski definition) is 1. The molecule has 10 nitrogen and oxygen atoms in total. The maximum absolute atomic E-state index is 16.3. The lowest BCUT2D eigenvalue weighted by molar-refractivity contribution is -0.154.